The third-order valence-corrected chi connectivity index (χ3v) is 3.76. The molecular formula is C20H24N2O5. The van der Waals surface area contributed by atoms with Crippen LogP contribution in [-0.4, -0.2) is 31.6 Å². The van der Waals surface area contributed by atoms with Crippen molar-refractivity contribution in [1.82, 2.24) is 10.9 Å². The lowest BCUT2D eigenvalue weighted by Gasteiger charge is -2.17. The molecule has 2 aromatic rings. The fraction of sp³-hybridized carbons (Fsp3) is 0.300. The number of ether oxygens (including phenoxy) is 3. The van der Waals surface area contributed by atoms with E-state index in [0.717, 1.165) is 11.1 Å². The largest absolute Gasteiger partial charge is 0.493 e. The number of hydrogen-bond donors (Lipinski definition) is 2. The fourth-order valence-corrected chi connectivity index (χ4v) is 2.33. The highest BCUT2D eigenvalue weighted by molar-refractivity contribution is 5.85. The summed E-state index contributed by atoms with van der Waals surface area (Å²) in [6.07, 6.45) is -0.832. The molecule has 2 aromatic carbocycles. The maximum atomic E-state index is 12.1. The molecule has 1 unspecified atom stereocenters. The molecule has 0 aliphatic rings. The van der Waals surface area contributed by atoms with Crippen molar-refractivity contribution in [3.05, 3.63) is 53.6 Å². The van der Waals surface area contributed by atoms with Gasteiger partial charge in [-0.15, -0.1) is 0 Å². The summed E-state index contributed by atoms with van der Waals surface area (Å²) in [5.74, 6) is 0.596. The molecule has 1 atom stereocenters. The molecule has 0 saturated heterocycles. The van der Waals surface area contributed by atoms with Crippen molar-refractivity contribution < 1.29 is 23.8 Å². The predicted molar refractivity (Wildman–Crippen MR) is 101 cm³/mol. The van der Waals surface area contributed by atoms with Gasteiger partial charge in [-0.3, -0.25) is 20.4 Å². The predicted octanol–water partition coefficient (Wildman–Crippen LogP) is 2.31. The maximum absolute atomic E-state index is 12.1. The first-order chi connectivity index (χ1) is 12.9. The third-order valence-electron chi connectivity index (χ3n) is 3.76. The smallest absolute Gasteiger partial charge is 0.279 e. The van der Waals surface area contributed by atoms with E-state index in [9.17, 15) is 9.59 Å². The van der Waals surface area contributed by atoms with Gasteiger partial charge in [-0.25, -0.2) is 0 Å². The van der Waals surface area contributed by atoms with Gasteiger partial charge < -0.3 is 14.2 Å². The number of para-hydroxylation sites is 2. The topological polar surface area (TPSA) is 85.9 Å². The van der Waals surface area contributed by atoms with Crippen molar-refractivity contribution in [3.63, 3.8) is 0 Å². The van der Waals surface area contributed by atoms with E-state index in [-0.39, 0.29) is 6.61 Å². The van der Waals surface area contributed by atoms with Gasteiger partial charge in [0.2, 0.25) is 0 Å². The molecule has 0 fully saturated rings. The van der Waals surface area contributed by atoms with Crippen LogP contribution in [0.25, 0.3) is 0 Å². The lowest BCUT2D eigenvalue weighted by Crippen LogP contribution is -2.48. The summed E-state index contributed by atoms with van der Waals surface area (Å²) in [6.45, 7) is 5.23. The van der Waals surface area contributed by atoms with E-state index in [2.05, 4.69) is 10.9 Å². The van der Waals surface area contributed by atoms with E-state index in [1.54, 1.807) is 37.3 Å². The first-order valence-electron chi connectivity index (χ1n) is 8.49. The average Bonchev–Trinajstić information content (AvgIpc) is 2.65. The Morgan fingerprint density at radius 3 is 2.37 bits per heavy atom. The Morgan fingerprint density at radius 1 is 1.00 bits per heavy atom. The molecule has 27 heavy (non-hydrogen) atoms. The van der Waals surface area contributed by atoms with Gasteiger partial charge in [0.05, 0.1) is 7.11 Å². The molecule has 2 N–H and O–H groups in total. The van der Waals surface area contributed by atoms with Crippen LogP contribution in [0.4, 0.5) is 0 Å². The highest BCUT2D eigenvalue weighted by Crippen LogP contribution is 2.26. The molecule has 7 nitrogen and oxygen atoms in total. The van der Waals surface area contributed by atoms with E-state index in [4.69, 9.17) is 14.2 Å². The van der Waals surface area contributed by atoms with Crippen molar-refractivity contribution in [3.8, 4) is 17.2 Å². The van der Waals surface area contributed by atoms with E-state index in [1.807, 2.05) is 26.0 Å². The van der Waals surface area contributed by atoms with Crippen LogP contribution in [0, 0.1) is 13.8 Å². The van der Waals surface area contributed by atoms with Gasteiger partial charge in [0.1, 0.15) is 5.75 Å². The Kier molecular flexibility index (Phi) is 7.05. The molecule has 0 spiro atoms. The summed E-state index contributed by atoms with van der Waals surface area (Å²) in [4.78, 5) is 24.0. The molecule has 0 bridgehead atoms. The highest BCUT2D eigenvalue weighted by Gasteiger charge is 2.17. The molecule has 0 radical (unpaired) electrons. The van der Waals surface area contributed by atoms with E-state index in [0.29, 0.717) is 17.2 Å². The monoisotopic (exact) mass is 372 g/mol. The van der Waals surface area contributed by atoms with Crippen molar-refractivity contribution in [1.29, 1.82) is 0 Å². The number of hydrazine groups is 1. The molecule has 0 saturated carbocycles. The number of carbonyl (C=O) groups excluding carboxylic acids is 2. The van der Waals surface area contributed by atoms with E-state index < -0.39 is 17.9 Å². The fourth-order valence-electron chi connectivity index (χ4n) is 2.33. The normalized spacial score (nSPS) is 11.3. The van der Waals surface area contributed by atoms with Gasteiger partial charge in [-0.05, 0) is 44.5 Å². The van der Waals surface area contributed by atoms with Crippen LogP contribution in [-0.2, 0) is 9.59 Å². The van der Waals surface area contributed by atoms with Crippen molar-refractivity contribution in [2.45, 2.75) is 26.9 Å². The van der Waals surface area contributed by atoms with E-state index in [1.165, 1.54) is 7.11 Å². The average molecular weight is 372 g/mol. The summed E-state index contributed by atoms with van der Waals surface area (Å²) in [5, 5.41) is 0. The zero-order chi connectivity index (χ0) is 19.8. The summed E-state index contributed by atoms with van der Waals surface area (Å²) < 4.78 is 16.2. The second-order valence-electron chi connectivity index (χ2n) is 6.01. The van der Waals surface area contributed by atoms with Gasteiger partial charge in [0.15, 0.2) is 24.2 Å². The van der Waals surface area contributed by atoms with Crippen LogP contribution < -0.4 is 25.1 Å². The second-order valence-corrected chi connectivity index (χ2v) is 6.01. The molecule has 0 heterocycles. The maximum Gasteiger partial charge on any atom is 0.279 e. The number of aryl methyl sites for hydroxylation is 2. The van der Waals surface area contributed by atoms with Crippen LogP contribution in [0.2, 0.25) is 0 Å². The number of nitrogens with one attached hydrogen (secondary N) is 2. The third kappa shape index (κ3) is 5.91. The molecule has 2 rings (SSSR count). The summed E-state index contributed by atoms with van der Waals surface area (Å²) in [5.41, 5.74) is 6.67. The number of methoxy groups -OCH3 is 1. The molecule has 2 amide bonds. The minimum atomic E-state index is -0.832. The minimum absolute atomic E-state index is 0.216. The zero-order valence-corrected chi connectivity index (χ0v) is 15.9. The molecule has 0 aromatic heterocycles. The standard InChI is InChI=1S/C20H24N2O5/c1-13-9-10-16(14(2)11-13)26-12-19(23)21-22-20(24)15(3)27-18-8-6-5-7-17(18)25-4/h5-11,15H,12H2,1-4H3,(H,21,23)(H,22,24). The van der Waals surface area contributed by atoms with E-state index >= 15 is 0 Å². The molecule has 144 valence electrons. The lowest BCUT2D eigenvalue weighted by atomic mass is 10.1. The van der Waals surface area contributed by atoms with Gasteiger partial charge in [-0.2, -0.15) is 0 Å². The SMILES string of the molecule is COc1ccccc1OC(C)C(=O)NNC(=O)COc1ccc(C)cc1C. The molecule has 0 aliphatic heterocycles. The molecule has 0 aliphatic carbocycles. The Hall–Kier alpha value is -3.22. The summed E-state index contributed by atoms with van der Waals surface area (Å²) in [7, 11) is 1.52. The zero-order valence-electron chi connectivity index (χ0n) is 15.9. The Bertz CT molecular complexity index is 807. The van der Waals surface area contributed by atoms with Crippen LogP contribution >= 0.6 is 0 Å². The second kappa shape index (κ2) is 9.47. The lowest BCUT2D eigenvalue weighted by molar-refractivity contribution is -0.133. The highest BCUT2D eigenvalue weighted by atomic mass is 16.5. The quantitative estimate of drug-likeness (QED) is 0.729. The van der Waals surface area contributed by atoms with Gasteiger partial charge in [0, 0.05) is 0 Å². The van der Waals surface area contributed by atoms with Gasteiger partial charge in [-0.1, -0.05) is 29.8 Å². The first-order valence-corrected chi connectivity index (χ1v) is 8.49. The number of rotatable bonds is 7. The number of carbonyl (C=O) groups is 2. The molecular weight excluding hydrogens is 348 g/mol. The Morgan fingerprint density at radius 2 is 1.70 bits per heavy atom. The summed E-state index contributed by atoms with van der Waals surface area (Å²) >= 11 is 0. The Balaban J connectivity index is 1.79. The Labute approximate surface area is 158 Å². The van der Waals surface area contributed by atoms with Crippen molar-refractivity contribution >= 4 is 11.8 Å². The number of amides is 2. The van der Waals surface area contributed by atoms with Gasteiger partial charge in [0.25, 0.3) is 11.8 Å². The van der Waals surface area contributed by atoms with Crippen LogP contribution in [0.1, 0.15) is 18.1 Å². The summed E-state index contributed by atoms with van der Waals surface area (Å²) in [6, 6.07) is 12.7. The number of benzene rings is 2. The first kappa shape index (κ1) is 20.1. The van der Waals surface area contributed by atoms with Crippen molar-refractivity contribution in [2.24, 2.45) is 0 Å². The van der Waals surface area contributed by atoms with Crippen LogP contribution in [0.15, 0.2) is 42.5 Å². The van der Waals surface area contributed by atoms with Gasteiger partial charge >= 0.3 is 0 Å². The van der Waals surface area contributed by atoms with Crippen LogP contribution in [0.3, 0.4) is 0 Å². The van der Waals surface area contributed by atoms with Crippen molar-refractivity contribution in [2.75, 3.05) is 13.7 Å². The minimum Gasteiger partial charge on any atom is -0.493 e. The number of hydrogen-bond acceptors (Lipinski definition) is 5. The van der Waals surface area contributed by atoms with Crippen LogP contribution in [0.5, 0.6) is 17.2 Å². The molecule has 7 heteroatoms.